The molecule has 4 amide bonds. The van der Waals surface area contributed by atoms with E-state index in [9.17, 15) is 9.59 Å². The molecule has 3 aromatic heterocycles. The van der Waals surface area contributed by atoms with Crippen LogP contribution in [-0.4, -0.2) is 133 Å². The Kier molecular flexibility index (Phi) is 18.6. The number of benzene rings is 2. The molecule has 0 unspecified atom stereocenters. The van der Waals surface area contributed by atoms with Crippen LogP contribution >= 0.6 is 0 Å². The standard InChI is InChI=1S/C27H34N8O2.C22H30N6O2.2CH4/c1-4-28-27(36)31-21-7-5-20(6-8-21)25-32-23-11-14-34(24-9-12-29-19(3)30-24)13-10-22(23)26(33-25)35-15-16-37-17-18(35)2;1-3-24-22(29)25-17-6-4-16(5-7-17)20-26-19-9-11-23-10-8-18(19)21(27-20)28-12-13-30-14-15(28)2;;/h5-9,12,18H,4,10-11,13-17H2,1-3H3,(H2,28,31,36);4-7,15,23H,3,8-14H2,1-2H3,(H2,24,25,29);2*1H4/t18-;15-;;/m00../s1. The lowest BCUT2D eigenvalue weighted by molar-refractivity contribution is 0.0984. The van der Waals surface area contributed by atoms with Gasteiger partial charge in [0.25, 0.3) is 0 Å². The molecule has 2 fully saturated rings. The Balaban J connectivity index is 0.000000225. The van der Waals surface area contributed by atoms with E-state index in [-0.39, 0.29) is 39.0 Å². The fourth-order valence-electron chi connectivity index (χ4n) is 8.85. The van der Waals surface area contributed by atoms with Gasteiger partial charge in [-0.1, -0.05) is 14.9 Å². The number of carbonyl (C=O) groups excluding carboxylic acids is 2. The molecule has 18 heteroatoms. The summed E-state index contributed by atoms with van der Waals surface area (Å²) < 4.78 is 11.4. The number of amides is 4. The van der Waals surface area contributed by atoms with E-state index in [0.29, 0.717) is 38.7 Å². The molecule has 0 bridgehead atoms. The van der Waals surface area contributed by atoms with Crippen LogP contribution in [0.5, 0.6) is 0 Å². The summed E-state index contributed by atoms with van der Waals surface area (Å²) in [6.45, 7) is 19.2. The van der Waals surface area contributed by atoms with Crippen LogP contribution in [0.4, 0.5) is 38.4 Å². The number of aryl methyl sites for hydroxylation is 1. The molecule has 9 rings (SSSR count). The first-order valence-corrected chi connectivity index (χ1v) is 23.7. The van der Waals surface area contributed by atoms with Gasteiger partial charge in [-0.05, 0) is 109 Å². The van der Waals surface area contributed by atoms with E-state index >= 15 is 0 Å². The van der Waals surface area contributed by atoms with Gasteiger partial charge in [0, 0.05) is 98.5 Å². The minimum atomic E-state index is -0.219. The average molecular weight is 945 g/mol. The second-order valence-electron chi connectivity index (χ2n) is 17.1. The molecule has 5 N–H and O–H groups in total. The fraction of sp³-hybridized carbons (Fsp3) is 0.490. The van der Waals surface area contributed by atoms with Crippen molar-refractivity contribution >= 4 is 40.9 Å². The number of anilines is 5. The zero-order chi connectivity index (χ0) is 46.7. The van der Waals surface area contributed by atoms with E-state index in [1.165, 1.54) is 11.1 Å². The molecule has 0 saturated carbocycles. The van der Waals surface area contributed by atoms with Gasteiger partial charge in [0.2, 0.25) is 0 Å². The summed E-state index contributed by atoms with van der Waals surface area (Å²) in [4.78, 5) is 59.7. The van der Waals surface area contributed by atoms with E-state index in [0.717, 1.165) is 135 Å². The predicted molar refractivity (Wildman–Crippen MR) is 276 cm³/mol. The number of aromatic nitrogens is 6. The number of urea groups is 2. The van der Waals surface area contributed by atoms with Gasteiger partial charge < -0.3 is 50.8 Å². The van der Waals surface area contributed by atoms with E-state index in [4.69, 9.17) is 29.4 Å². The quantitative estimate of drug-likeness (QED) is 0.105. The maximum atomic E-state index is 11.9. The normalized spacial score (nSPS) is 17.7. The molecule has 5 aromatic rings. The number of carbonyl (C=O) groups is 2. The van der Waals surface area contributed by atoms with Crippen LogP contribution in [0.25, 0.3) is 22.8 Å². The summed E-state index contributed by atoms with van der Waals surface area (Å²) >= 11 is 0. The second kappa shape index (κ2) is 24.7. The van der Waals surface area contributed by atoms with Crippen LogP contribution in [0.15, 0.2) is 60.8 Å². The summed E-state index contributed by atoms with van der Waals surface area (Å²) in [6.07, 6.45) is 5.29. The Bertz CT molecular complexity index is 2470. The smallest absolute Gasteiger partial charge is 0.319 e. The highest BCUT2D eigenvalue weighted by atomic mass is 16.5. The summed E-state index contributed by atoms with van der Waals surface area (Å²) in [7, 11) is 0. The molecular weight excluding hydrogens is 873 g/mol. The molecule has 2 aromatic carbocycles. The summed E-state index contributed by atoms with van der Waals surface area (Å²) in [6, 6.07) is 17.5. The predicted octanol–water partition coefficient (Wildman–Crippen LogP) is 6.68. The lowest BCUT2D eigenvalue weighted by Gasteiger charge is -2.36. The van der Waals surface area contributed by atoms with Gasteiger partial charge in [0.15, 0.2) is 11.6 Å². The Hall–Kier alpha value is -6.50. The van der Waals surface area contributed by atoms with Crippen molar-refractivity contribution in [2.24, 2.45) is 0 Å². The van der Waals surface area contributed by atoms with E-state index in [2.05, 4.69) is 65.1 Å². The van der Waals surface area contributed by atoms with Gasteiger partial charge in [-0.15, -0.1) is 0 Å². The van der Waals surface area contributed by atoms with Crippen molar-refractivity contribution in [1.82, 2.24) is 45.9 Å². The van der Waals surface area contributed by atoms with Crippen molar-refractivity contribution < 1.29 is 19.1 Å². The maximum Gasteiger partial charge on any atom is 0.319 e. The van der Waals surface area contributed by atoms with Crippen LogP contribution in [0.1, 0.15) is 70.9 Å². The highest BCUT2D eigenvalue weighted by molar-refractivity contribution is 5.90. The third-order valence-corrected chi connectivity index (χ3v) is 12.3. The maximum absolute atomic E-state index is 11.9. The largest absolute Gasteiger partial charge is 0.377 e. The number of hydrogen-bond donors (Lipinski definition) is 5. The van der Waals surface area contributed by atoms with Gasteiger partial charge in [-0.2, -0.15) is 0 Å². The molecule has 4 aliphatic rings. The number of nitrogens with zero attached hydrogens (tertiary/aromatic N) is 9. The Morgan fingerprint density at radius 3 is 1.64 bits per heavy atom. The third-order valence-electron chi connectivity index (χ3n) is 12.3. The van der Waals surface area contributed by atoms with Crippen molar-refractivity contribution in [3.8, 4) is 22.8 Å². The van der Waals surface area contributed by atoms with Gasteiger partial charge in [0.05, 0.1) is 49.9 Å². The zero-order valence-corrected chi connectivity index (χ0v) is 39.4. The molecule has 69 heavy (non-hydrogen) atoms. The van der Waals surface area contributed by atoms with Crippen LogP contribution in [0.3, 0.4) is 0 Å². The van der Waals surface area contributed by atoms with Gasteiger partial charge in [0.1, 0.15) is 23.3 Å². The number of morpholine rings is 2. The Morgan fingerprint density at radius 1 is 0.638 bits per heavy atom. The minimum absolute atomic E-state index is 0. The number of fused-ring (bicyclic) bond motifs is 2. The lowest BCUT2D eigenvalue weighted by Crippen LogP contribution is -2.45. The first-order valence-electron chi connectivity index (χ1n) is 23.7. The van der Waals surface area contributed by atoms with Gasteiger partial charge in [-0.25, -0.2) is 39.5 Å². The van der Waals surface area contributed by atoms with E-state index in [1.807, 2.05) is 81.6 Å². The average Bonchev–Trinajstić information content (AvgIpc) is 3.72. The number of rotatable bonds is 9. The summed E-state index contributed by atoms with van der Waals surface area (Å²) in [5.41, 5.74) is 8.00. The van der Waals surface area contributed by atoms with Crippen molar-refractivity contribution in [3.05, 3.63) is 89.1 Å². The van der Waals surface area contributed by atoms with Crippen LogP contribution in [-0.2, 0) is 35.2 Å². The van der Waals surface area contributed by atoms with Crippen LogP contribution < -0.4 is 41.3 Å². The number of nitrogens with one attached hydrogen (secondary N) is 5. The highest BCUT2D eigenvalue weighted by Crippen LogP contribution is 2.33. The molecule has 7 heterocycles. The molecule has 370 valence electrons. The molecule has 18 nitrogen and oxygen atoms in total. The van der Waals surface area contributed by atoms with Crippen molar-refractivity contribution in [3.63, 3.8) is 0 Å². The molecule has 0 aliphatic carbocycles. The summed E-state index contributed by atoms with van der Waals surface area (Å²) in [5, 5.41) is 14.6. The monoisotopic (exact) mass is 945 g/mol. The molecule has 2 saturated heterocycles. The third kappa shape index (κ3) is 13.0. The van der Waals surface area contributed by atoms with E-state index < -0.39 is 0 Å². The molecular formula is C51H72N14O4. The topological polar surface area (TPSA) is 200 Å². The first kappa shape index (κ1) is 51.9. The van der Waals surface area contributed by atoms with Crippen molar-refractivity contribution in [2.75, 3.05) is 104 Å². The van der Waals surface area contributed by atoms with Crippen LogP contribution in [0.2, 0.25) is 0 Å². The van der Waals surface area contributed by atoms with E-state index in [1.54, 1.807) is 0 Å². The minimum Gasteiger partial charge on any atom is -0.377 e. The Labute approximate surface area is 407 Å². The molecule has 0 spiro atoms. The SMILES string of the molecule is C.C.CCNC(=O)Nc1ccc(-c2nc3c(c(N4CCOC[C@@H]4C)n2)CCN(c2ccnc(C)n2)CC3)cc1.CCNC(=O)Nc1ccc(-c2nc3c(c(N4CCOC[C@@H]4C)n2)CCNCC3)cc1. The highest BCUT2D eigenvalue weighted by Gasteiger charge is 2.29. The van der Waals surface area contributed by atoms with Crippen molar-refractivity contribution in [1.29, 1.82) is 0 Å². The first-order chi connectivity index (χ1) is 32.7. The summed E-state index contributed by atoms with van der Waals surface area (Å²) in [5.74, 6) is 5.19. The van der Waals surface area contributed by atoms with Crippen LogP contribution in [0, 0.1) is 6.92 Å². The lowest BCUT2D eigenvalue weighted by atomic mass is 10.1. The molecule has 4 aliphatic heterocycles. The second-order valence-corrected chi connectivity index (χ2v) is 17.1. The number of ether oxygens (including phenoxy) is 2. The zero-order valence-electron chi connectivity index (χ0n) is 39.4. The van der Waals surface area contributed by atoms with Gasteiger partial charge in [-0.3, -0.25) is 0 Å². The fourth-order valence-corrected chi connectivity index (χ4v) is 8.85. The van der Waals surface area contributed by atoms with Crippen molar-refractivity contribution in [2.45, 2.75) is 87.2 Å². The van der Waals surface area contributed by atoms with Gasteiger partial charge >= 0.3 is 12.1 Å². The Morgan fingerprint density at radius 2 is 1.13 bits per heavy atom. The molecule has 0 radical (unpaired) electrons. The molecule has 2 atom stereocenters. The number of hydrogen-bond acceptors (Lipinski definition) is 14.